The van der Waals surface area contributed by atoms with E-state index in [-0.39, 0.29) is 31.0 Å². The number of benzene rings is 1. The number of fused-ring (bicyclic) bond motifs is 1. The average Bonchev–Trinajstić information content (AvgIpc) is 3.37. The van der Waals surface area contributed by atoms with E-state index in [1.165, 1.54) is 32.6 Å². The van der Waals surface area contributed by atoms with Gasteiger partial charge in [0.2, 0.25) is 5.95 Å². The van der Waals surface area contributed by atoms with Crippen LogP contribution in [-0.2, 0) is 6.54 Å². The third-order valence-corrected chi connectivity index (χ3v) is 6.98. The molecule has 1 aliphatic heterocycles. The Bertz CT molecular complexity index is 1110. The molecule has 0 amide bonds. The van der Waals surface area contributed by atoms with Gasteiger partial charge in [-0.2, -0.15) is 13.2 Å². The van der Waals surface area contributed by atoms with E-state index in [0.29, 0.717) is 21.3 Å². The number of alkyl halides is 3. The van der Waals surface area contributed by atoms with E-state index in [1.54, 1.807) is 31.4 Å². The molecule has 0 N–H and O–H groups in total. The molecule has 1 aromatic carbocycles. The molecule has 1 saturated heterocycles. The van der Waals surface area contributed by atoms with Gasteiger partial charge in [-0.1, -0.05) is 35.2 Å². The molecular formula is C19H19F3N4O2S2. The Labute approximate surface area is 178 Å². The number of thiazole rings is 1. The van der Waals surface area contributed by atoms with Crippen molar-refractivity contribution in [1.82, 2.24) is 14.5 Å². The van der Waals surface area contributed by atoms with Crippen LogP contribution in [0.4, 0.5) is 19.1 Å². The van der Waals surface area contributed by atoms with E-state index in [4.69, 9.17) is 4.74 Å². The molecule has 11 heteroatoms. The summed E-state index contributed by atoms with van der Waals surface area (Å²) in [6, 6.07) is 5.39. The van der Waals surface area contributed by atoms with Gasteiger partial charge in [0.1, 0.15) is 11.8 Å². The Hall–Kier alpha value is -2.27. The zero-order chi connectivity index (χ0) is 21.5. The highest BCUT2D eigenvalue weighted by atomic mass is 32.2. The molecule has 1 atom stereocenters. The third-order valence-electron chi connectivity index (χ3n) is 5.04. The maximum absolute atomic E-state index is 13.6. The fourth-order valence-electron chi connectivity index (χ4n) is 3.59. The summed E-state index contributed by atoms with van der Waals surface area (Å²) < 4.78 is 48.0. The number of aromatic nitrogens is 3. The molecule has 2 aromatic heterocycles. The van der Waals surface area contributed by atoms with Crippen LogP contribution in [0.25, 0.3) is 10.3 Å². The second kappa shape index (κ2) is 8.10. The second-order valence-corrected chi connectivity index (χ2v) is 8.91. The third kappa shape index (κ3) is 3.87. The van der Waals surface area contributed by atoms with Crippen LogP contribution < -0.4 is 15.2 Å². The van der Waals surface area contributed by atoms with Gasteiger partial charge < -0.3 is 9.64 Å². The summed E-state index contributed by atoms with van der Waals surface area (Å²) in [6.07, 6.45) is -2.20. The van der Waals surface area contributed by atoms with Crippen LogP contribution in [0.15, 0.2) is 33.4 Å². The van der Waals surface area contributed by atoms with Crippen LogP contribution in [0.2, 0.25) is 0 Å². The molecule has 0 aliphatic carbocycles. The van der Waals surface area contributed by atoms with E-state index in [1.807, 2.05) is 6.26 Å². The van der Waals surface area contributed by atoms with Crippen molar-refractivity contribution in [2.75, 3.05) is 24.8 Å². The Morgan fingerprint density at radius 2 is 2.00 bits per heavy atom. The molecule has 1 fully saturated rings. The lowest BCUT2D eigenvalue weighted by Gasteiger charge is -2.29. The van der Waals surface area contributed by atoms with Crippen molar-refractivity contribution in [2.45, 2.75) is 35.9 Å². The minimum Gasteiger partial charge on any atom is -0.497 e. The van der Waals surface area contributed by atoms with Gasteiger partial charge in [-0.05, 0) is 36.8 Å². The van der Waals surface area contributed by atoms with Gasteiger partial charge in [-0.3, -0.25) is 9.36 Å². The smallest absolute Gasteiger partial charge is 0.408 e. The number of ether oxygens (including phenoxy) is 1. The van der Waals surface area contributed by atoms with Gasteiger partial charge in [0.15, 0.2) is 14.7 Å². The first-order chi connectivity index (χ1) is 14.3. The SMILES string of the molecule is COc1ccc(Cn2c(N3CCC[C@@H]3C(F)(F)F)nc3sc(SC)nc3c2=O)cc1. The Morgan fingerprint density at radius 3 is 2.63 bits per heavy atom. The molecule has 3 heterocycles. The first kappa shape index (κ1) is 21.0. The van der Waals surface area contributed by atoms with Gasteiger partial charge in [0.25, 0.3) is 5.56 Å². The first-order valence-corrected chi connectivity index (χ1v) is 11.3. The van der Waals surface area contributed by atoms with Crippen molar-refractivity contribution in [2.24, 2.45) is 0 Å². The highest BCUT2D eigenvalue weighted by molar-refractivity contribution is 8.00. The normalized spacial score (nSPS) is 17.1. The standard InChI is InChI=1S/C19H19F3N4O2S2/c1-28-12-7-5-11(6-8-12)10-26-16(27)14-15(30-18(23-14)29-2)24-17(26)25-9-3-4-13(25)19(20,21)22/h5-8,13H,3-4,9-10H2,1-2H3/t13-/m1/s1. The predicted octanol–water partition coefficient (Wildman–Crippen LogP) is 4.16. The highest BCUT2D eigenvalue weighted by Gasteiger charge is 2.47. The summed E-state index contributed by atoms with van der Waals surface area (Å²) in [6.45, 7) is 0.285. The number of halogens is 3. The predicted molar refractivity (Wildman–Crippen MR) is 112 cm³/mol. The summed E-state index contributed by atoms with van der Waals surface area (Å²) in [5.74, 6) is 0.695. The molecule has 160 valence electrons. The van der Waals surface area contributed by atoms with Crippen LogP contribution in [0.5, 0.6) is 5.75 Å². The number of methoxy groups -OCH3 is 1. The van der Waals surface area contributed by atoms with Crippen molar-refractivity contribution in [3.63, 3.8) is 0 Å². The zero-order valence-electron chi connectivity index (χ0n) is 16.3. The summed E-state index contributed by atoms with van der Waals surface area (Å²) in [5, 5.41) is 0. The number of hydrogen-bond donors (Lipinski definition) is 0. The minimum atomic E-state index is -4.40. The van der Waals surface area contributed by atoms with E-state index in [9.17, 15) is 18.0 Å². The van der Waals surface area contributed by atoms with Gasteiger partial charge in [-0.15, -0.1) is 0 Å². The first-order valence-electron chi connectivity index (χ1n) is 9.23. The zero-order valence-corrected chi connectivity index (χ0v) is 17.9. The van der Waals surface area contributed by atoms with E-state index < -0.39 is 17.8 Å². The van der Waals surface area contributed by atoms with Gasteiger partial charge in [-0.25, -0.2) is 9.97 Å². The number of rotatable bonds is 5. The maximum Gasteiger partial charge on any atom is 0.408 e. The van der Waals surface area contributed by atoms with Gasteiger partial charge in [0, 0.05) is 6.54 Å². The van der Waals surface area contributed by atoms with E-state index in [0.717, 1.165) is 5.56 Å². The van der Waals surface area contributed by atoms with Crippen molar-refractivity contribution >= 4 is 39.4 Å². The summed E-state index contributed by atoms with van der Waals surface area (Å²) in [4.78, 5) is 23.6. The van der Waals surface area contributed by atoms with E-state index >= 15 is 0 Å². The average molecular weight is 457 g/mol. The fourth-order valence-corrected chi connectivity index (χ4v) is 5.00. The Kier molecular flexibility index (Phi) is 5.67. The molecular weight excluding hydrogens is 437 g/mol. The van der Waals surface area contributed by atoms with Crippen molar-refractivity contribution in [3.8, 4) is 5.75 Å². The van der Waals surface area contributed by atoms with Crippen LogP contribution in [-0.4, -0.2) is 46.7 Å². The molecule has 0 spiro atoms. The van der Waals surface area contributed by atoms with Crippen LogP contribution in [0.1, 0.15) is 18.4 Å². The monoisotopic (exact) mass is 456 g/mol. The quantitative estimate of drug-likeness (QED) is 0.538. The molecule has 4 rings (SSSR count). The summed E-state index contributed by atoms with van der Waals surface area (Å²) in [7, 11) is 1.55. The number of hydrogen-bond acceptors (Lipinski definition) is 7. The lowest BCUT2D eigenvalue weighted by molar-refractivity contribution is -0.146. The lowest BCUT2D eigenvalue weighted by Crippen LogP contribution is -2.44. The van der Waals surface area contributed by atoms with E-state index in [2.05, 4.69) is 9.97 Å². The topological polar surface area (TPSA) is 60.2 Å². The molecule has 6 nitrogen and oxygen atoms in total. The van der Waals surface area contributed by atoms with Gasteiger partial charge in [0.05, 0.1) is 13.7 Å². The molecule has 0 radical (unpaired) electrons. The summed E-state index contributed by atoms with van der Waals surface area (Å²) in [5.41, 5.74) is 0.503. The fraction of sp³-hybridized carbons (Fsp3) is 0.421. The molecule has 1 aliphatic rings. The minimum absolute atomic E-state index is 0.0152. The van der Waals surface area contributed by atoms with Crippen molar-refractivity contribution < 1.29 is 17.9 Å². The van der Waals surface area contributed by atoms with Crippen molar-refractivity contribution in [1.29, 1.82) is 0 Å². The number of anilines is 1. The van der Waals surface area contributed by atoms with Crippen LogP contribution >= 0.6 is 23.1 Å². The summed E-state index contributed by atoms with van der Waals surface area (Å²) >= 11 is 2.59. The van der Waals surface area contributed by atoms with Crippen LogP contribution in [0, 0.1) is 0 Å². The Morgan fingerprint density at radius 1 is 1.27 bits per heavy atom. The molecule has 3 aromatic rings. The van der Waals surface area contributed by atoms with Crippen LogP contribution in [0.3, 0.4) is 0 Å². The largest absolute Gasteiger partial charge is 0.497 e. The molecule has 30 heavy (non-hydrogen) atoms. The maximum atomic E-state index is 13.6. The molecule has 0 saturated carbocycles. The molecule has 0 unspecified atom stereocenters. The lowest BCUT2D eigenvalue weighted by atomic mass is 10.2. The van der Waals surface area contributed by atoms with Crippen molar-refractivity contribution in [3.05, 3.63) is 40.2 Å². The number of thioether (sulfide) groups is 1. The molecule has 0 bridgehead atoms. The highest BCUT2D eigenvalue weighted by Crippen LogP contribution is 2.36. The number of nitrogens with zero attached hydrogens (tertiary/aromatic N) is 4. The Balaban J connectivity index is 1.86. The second-order valence-electron chi connectivity index (χ2n) is 6.88. The van der Waals surface area contributed by atoms with Gasteiger partial charge >= 0.3 is 6.18 Å².